The number of amides is 1. The van der Waals surface area contributed by atoms with Crippen LogP contribution in [-0.4, -0.2) is 22.7 Å². The maximum Gasteiger partial charge on any atom is 0.415 e. The van der Waals surface area contributed by atoms with Gasteiger partial charge >= 0.3 is 6.09 Å². The minimum Gasteiger partial charge on any atom is -0.447 e. The minimum atomic E-state index is -0.346. The molecule has 1 aromatic heterocycles. The molecular weight excluding hydrogens is 338 g/mol. The number of hydrogen-bond acceptors (Lipinski definition) is 3. The number of benzene rings is 2. The van der Waals surface area contributed by atoms with Crippen molar-refractivity contribution >= 4 is 28.4 Å². The fraction of sp³-hybridized carbons (Fsp3) is 0.0909. The lowest BCUT2D eigenvalue weighted by Gasteiger charge is -2.22. The fourth-order valence-electron chi connectivity index (χ4n) is 3.23. The molecule has 27 heavy (non-hydrogen) atoms. The smallest absolute Gasteiger partial charge is 0.415 e. The Morgan fingerprint density at radius 2 is 2.07 bits per heavy atom. The van der Waals surface area contributed by atoms with Crippen LogP contribution < -0.4 is 4.90 Å². The van der Waals surface area contributed by atoms with Gasteiger partial charge in [0.1, 0.15) is 6.61 Å². The van der Waals surface area contributed by atoms with Gasteiger partial charge in [0.2, 0.25) is 0 Å². The Hall–Kier alpha value is -3.60. The van der Waals surface area contributed by atoms with Gasteiger partial charge in [0.05, 0.1) is 29.1 Å². The first-order chi connectivity index (χ1) is 13.2. The van der Waals surface area contributed by atoms with E-state index in [9.17, 15) is 4.79 Å². The van der Waals surface area contributed by atoms with Crippen molar-refractivity contribution in [3.8, 4) is 0 Å². The molecule has 0 bridgehead atoms. The number of ether oxygens (including phenoxy) is 1. The van der Waals surface area contributed by atoms with Crippen LogP contribution in [0.4, 0.5) is 10.5 Å². The Morgan fingerprint density at radius 1 is 1.26 bits per heavy atom. The molecule has 5 nitrogen and oxygen atoms in total. The van der Waals surface area contributed by atoms with E-state index in [1.54, 1.807) is 17.3 Å². The van der Waals surface area contributed by atoms with Crippen LogP contribution in [0.3, 0.4) is 0 Å². The van der Waals surface area contributed by atoms with Crippen LogP contribution in [0.2, 0.25) is 0 Å². The van der Waals surface area contributed by atoms with Gasteiger partial charge < -0.3 is 9.72 Å². The van der Waals surface area contributed by atoms with E-state index in [4.69, 9.17) is 4.74 Å². The topological polar surface area (TPSA) is 58.2 Å². The standard InChI is InChI=1S/C22H19N3O2/c1-3-4-5-15(2)16-6-8-17(9-7-16)21-13-27-22(26)25(21)18-10-11-19-20(12-18)24-14-23-19/h3-12,14,21H,1-2,13H2,(H,23,24)/b5-4-/t21-/m1/s1. The van der Waals surface area contributed by atoms with Gasteiger partial charge in [-0.3, -0.25) is 4.90 Å². The van der Waals surface area contributed by atoms with Crippen LogP contribution in [0.5, 0.6) is 0 Å². The summed E-state index contributed by atoms with van der Waals surface area (Å²) < 4.78 is 5.33. The van der Waals surface area contributed by atoms with Crippen molar-refractivity contribution in [2.24, 2.45) is 0 Å². The van der Waals surface area contributed by atoms with E-state index >= 15 is 0 Å². The number of carbonyl (C=O) groups is 1. The third-order valence-corrected chi connectivity index (χ3v) is 4.65. The van der Waals surface area contributed by atoms with E-state index in [-0.39, 0.29) is 12.1 Å². The highest BCUT2D eigenvalue weighted by Crippen LogP contribution is 2.34. The highest BCUT2D eigenvalue weighted by molar-refractivity contribution is 5.93. The second-order valence-corrected chi connectivity index (χ2v) is 6.31. The van der Waals surface area contributed by atoms with Crippen molar-refractivity contribution in [1.82, 2.24) is 9.97 Å². The SMILES string of the molecule is C=C/C=C\C(=C)c1ccc([C@H]2COC(=O)N2c2ccc3nc[nH]c3c2)cc1. The minimum absolute atomic E-state index is 0.177. The van der Waals surface area contributed by atoms with Crippen LogP contribution in [0, 0.1) is 0 Å². The highest BCUT2D eigenvalue weighted by Gasteiger charge is 2.35. The number of fused-ring (bicyclic) bond motifs is 1. The summed E-state index contributed by atoms with van der Waals surface area (Å²) >= 11 is 0. The molecule has 2 heterocycles. The predicted octanol–water partition coefficient (Wildman–Crippen LogP) is 5.02. The quantitative estimate of drug-likeness (QED) is 0.653. The number of imidazole rings is 1. The van der Waals surface area contributed by atoms with Gasteiger partial charge in [0.15, 0.2) is 0 Å². The Bertz CT molecular complexity index is 1050. The second-order valence-electron chi connectivity index (χ2n) is 6.31. The van der Waals surface area contributed by atoms with Crippen LogP contribution in [-0.2, 0) is 4.74 Å². The highest BCUT2D eigenvalue weighted by atomic mass is 16.6. The summed E-state index contributed by atoms with van der Waals surface area (Å²) in [7, 11) is 0. The zero-order valence-electron chi connectivity index (χ0n) is 14.8. The number of hydrogen-bond donors (Lipinski definition) is 1. The molecule has 4 rings (SSSR count). The maximum atomic E-state index is 12.4. The molecular formula is C22H19N3O2. The van der Waals surface area contributed by atoms with Crippen molar-refractivity contribution in [3.05, 3.63) is 91.3 Å². The van der Waals surface area contributed by atoms with Crippen molar-refractivity contribution in [2.75, 3.05) is 11.5 Å². The van der Waals surface area contributed by atoms with Gasteiger partial charge in [-0.1, -0.05) is 55.7 Å². The molecule has 0 spiro atoms. The second kappa shape index (κ2) is 6.96. The van der Waals surface area contributed by atoms with E-state index in [2.05, 4.69) is 23.1 Å². The zero-order valence-corrected chi connectivity index (χ0v) is 14.8. The molecule has 1 aliphatic rings. The number of rotatable bonds is 5. The first kappa shape index (κ1) is 16.8. The van der Waals surface area contributed by atoms with Gasteiger partial charge in [-0.2, -0.15) is 0 Å². The predicted molar refractivity (Wildman–Crippen MR) is 107 cm³/mol. The molecule has 0 saturated carbocycles. The molecule has 0 aliphatic carbocycles. The third-order valence-electron chi connectivity index (χ3n) is 4.65. The van der Waals surface area contributed by atoms with Crippen molar-refractivity contribution in [1.29, 1.82) is 0 Å². The van der Waals surface area contributed by atoms with E-state index < -0.39 is 0 Å². The van der Waals surface area contributed by atoms with Gasteiger partial charge in [-0.25, -0.2) is 9.78 Å². The Kier molecular flexibility index (Phi) is 4.34. The van der Waals surface area contributed by atoms with E-state index in [1.807, 2.05) is 54.6 Å². The van der Waals surface area contributed by atoms with E-state index in [0.29, 0.717) is 6.61 Å². The summed E-state index contributed by atoms with van der Waals surface area (Å²) in [5.74, 6) is 0. The van der Waals surface area contributed by atoms with Crippen molar-refractivity contribution < 1.29 is 9.53 Å². The third kappa shape index (κ3) is 3.15. The molecule has 1 aliphatic heterocycles. The maximum absolute atomic E-state index is 12.4. The van der Waals surface area contributed by atoms with Crippen LogP contribution in [0.25, 0.3) is 16.6 Å². The number of allylic oxidation sites excluding steroid dienone is 4. The molecule has 2 aromatic carbocycles. The summed E-state index contributed by atoms with van der Waals surface area (Å²) in [4.78, 5) is 21.4. The Morgan fingerprint density at radius 3 is 2.85 bits per heavy atom. The average Bonchev–Trinajstić information content (AvgIpc) is 3.31. The van der Waals surface area contributed by atoms with Gasteiger partial charge in [0.25, 0.3) is 0 Å². The van der Waals surface area contributed by atoms with Gasteiger partial charge in [0, 0.05) is 0 Å². The number of H-pyrrole nitrogens is 1. The molecule has 1 amide bonds. The van der Waals surface area contributed by atoms with E-state index in [0.717, 1.165) is 33.4 Å². The molecule has 1 fully saturated rings. The fourth-order valence-corrected chi connectivity index (χ4v) is 3.23. The Labute approximate surface area is 157 Å². The largest absolute Gasteiger partial charge is 0.447 e. The van der Waals surface area contributed by atoms with Crippen molar-refractivity contribution in [2.45, 2.75) is 6.04 Å². The monoisotopic (exact) mass is 357 g/mol. The summed E-state index contributed by atoms with van der Waals surface area (Å²) in [6.45, 7) is 8.04. The summed E-state index contributed by atoms with van der Waals surface area (Å²) in [5.41, 5.74) is 5.45. The van der Waals surface area contributed by atoms with Crippen molar-refractivity contribution in [3.63, 3.8) is 0 Å². The molecule has 5 heteroatoms. The number of nitrogens with one attached hydrogen (secondary N) is 1. The number of aromatic amines is 1. The average molecular weight is 357 g/mol. The molecule has 1 N–H and O–H groups in total. The summed E-state index contributed by atoms with van der Waals surface area (Å²) in [6.07, 6.45) is 6.78. The molecule has 0 radical (unpaired) electrons. The van der Waals surface area contributed by atoms with E-state index in [1.165, 1.54) is 0 Å². The van der Waals surface area contributed by atoms with Crippen LogP contribution in [0.1, 0.15) is 17.2 Å². The molecule has 3 aromatic rings. The molecule has 1 saturated heterocycles. The Balaban J connectivity index is 1.63. The lowest BCUT2D eigenvalue weighted by Crippen LogP contribution is -2.27. The molecule has 134 valence electrons. The first-order valence-electron chi connectivity index (χ1n) is 8.65. The number of cyclic esters (lactones) is 1. The summed E-state index contributed by atoms with van der Waals surface area (Å²) in [5, 5.41) is 0. The normalized spacial score (nSPS) is 16.8. The van der Waals surface area contributed by atoms with Gasteiger partial charge in [-0.15, -0.1) is 0 Å². The molecule has 0 unspecified atom stereocenters. The van der Waals surface area contributed by atoms with Crippen LogP contribution in [0.15, 0.2) is 80.2 Å². The number of nitrogens with zero attached hydrogens (tertiary/aromatic N) is 2. The van der Waals surface area contributed by atoms with Gasteiger partial charge in [-0.05, 0) is 34.9 Å². The number of aromatic nitrogens is 2. The van der Waals surface area contributed by atoms with Crippen LogP contribution >= 0.6 is 0 Å². The first-order valence-corrected chi connectivity index (χ1v) is 8.65. The lowest BCUT2D eigenvalue weighted by molar-refractivity contribution is 0.179. The summed E-state index contributed by atoms with van der Waals surface area (Å²) in [6, 6.07) is 13.5. The molecule has 1 atom stereocenters. The number of carbonyl (C=O) groups excluding carboxylic acids is 1. The number of anilines is 1. The lowest BCUT2D eigenvalue weighted by atomic mass is 10.0. The zero-order chi connectivity index (χ0) is 18.8.